The molecule has 1 saturated carbocycles. The first-order chi connectivity index (χ1) is 11.3. The van der Waals surface area contributed by atoms with Crippen LogP contribution in [0, 0.1) is 5.82 Å². The van der Waals surface area contributed by atoms with Crippen LogP contribution in [-0.2, 0) is 4.74 Å². The van der Waals surface area contributed by atoms with Crippen LogP contribution in [0.2, 0.25) is 0 Å². The fraction of sp³-hybridized carbons (Fsp3) is 0.611. The Labute approximate surface area is 142 Å². The zero-order valence-corrected chi connectivity index (χ0v) is 14.8. The van der Waals surface area contributed by atoms with Gasteiger partial charge in [-0.2, -0.15) is 0 Å². The number of anilines is 1. The van der Waals surface area contributed by atoms with Crippen LogP contribution in [0.15, 0.2) is 18.2 Å². The molecule has 2 rings (SSSR count). The molecule has 24 heavy (non-hydrogen) atoms. The third-order valence-corrected chi connectivity index (χ3v) is 3.97. The Kier molecular flexibility index (Phi) is 5.91. The number of halogens is 1. The highest BCUT2D eigenvalue weighted by atomic mass is 19.1. The van der Waals surface area contributed by atoms with Crippen LogP contribution < -0.4 is 15.4 Å². The van der Waals surface area contributed by atoms with E-state index in [2.05, 4.69) is 10.6 Å². The van der Waals surface area contributed by atoms with Gasteiger partial charge >= 0.3 is 6.09 Å². The van der Waals surface area contributed by atoms with E-state index in [1.807, 2.05) is 20.8 Å². The van der Waals surface area contributed by atoms with E-state index in [1.54, 1.807) is 6.07 Å². The summed E-state index contributed by atoms with van der Waals surface area (Å²) in [5.41, 5.74) is 0.310. The fourth-order valence-electron chi connectivity index (χ4n) is 2.86. The normalized spacial score (nSPS) is 21.0. The standard InChI is InChI=1S/C18H27FN2O3/c1-18(2,3)24-17(22)21-14-8-6-13(7-9-14)20-15-10-5-12(19)11-16(15)23-4/h5,10-11,13-14,20H,6-9H2,1-4H3,(H,21,22)/t13-,14-. The molecule has 0 bridgehead atoms. The van der Waals surface area contributed by atoms with Crippen LogP contribution in [0.3, 0.4) is 0 Å². The lowest BCUT2D eigenvalue weighted by Gasteiger charge is -2.31. The van der Waals surface area contributed by atoms with Crippen molar-refractivity contribution in [2.75, 3.05) is 12.4 Å². The van der Waals surface area contributed by atoms with Crippen molar-refractivity contribution in [3.63, 3.8) is 0 Å². The number of nitrogens with one attached hydrogen (secondary N) is 2. The van der Waals surface area contributed by atoms with Crippen LogP contribution in [0.5, 0.6) is 5.75 Å². The van der Waals surface area contributed by atoms with Crippen molar-refractivity contribution < 1.29 is 18.7 Å². The van der Waals surface area contributed by atoms with E-state index in [9.17, 15) is 9.18 Å². The second-order valence-electron chi connectivity index (χ2n) is 7.18. The summed E-state index contributed by atoms with van der Waals surface area (Å²) >= 11 is 0. The van der Waals surface area contributed by atoms with Gasteiger partial charge in [-0.1, -0.05) is 0 Å². The zero-order chi connectivity index (χ0) is 17.7. The number of rotatable bonds is 4. The Balaban J connectivity index is 1.82. The van der Waals surface area contributed by atoms with Crippen molar-refractivity contribution in [1.29, 1.82) is 0 Å². The summed E-state index contributed by atoms with van der Waals surface area (Å²) in [6.07, 6.45) is 3.22. The summed E-state index contributed by atoms with van der Waals surface area (Å²) in [6.45, 7) is 5.55. The Morgan fingerprint density at radius 1 is 1.17 bits per heavy atom. The Morgan fingerprint density at radius 3 is 2.38 bits per heavy atom. The number of methoxy groups -OCH3 is 1. The summed E-state index contributed by atoms with van der Waals surface area (Å²) in [6, 6.07) is 4.90. The Bertz CT molecular complexity index is 564. The molecule has 1 aromatic rings. The zero-order valence-electron chi connectivity index (χ0n) is 14.8. The number of benzene rings is 1. The van der Waals surface area contributed by atoms with Gasteiger partial charge in [-0.3, -0.25) is 0 Å². The maximum absolute atomic E-state index is 13.2. The second kappa shape index (κ2) is 7.73. The molecule has 5 nitrogen and oxygen atoms in total. The predicted octanol–water partition coefficient (Wildman–Crippen LogP) is 4.08. The summed E-state index contributed by atoms with van der Waals surface area (Å²) in [7, 11) is 1.53. The maximum atomic E-state index is 13.2. The summed E-state index contributed by atoms with van der Waals surface area (Å²) < 4.78 is 23.7. The molecule has 0 aliphatic heterocycles. The second-order valence-corrected chi connectivity index (χ2v) is 7.18. The van der Waals surface area contributed by atoms with E-state index >= 15 is 0 Å². The molecule has 0 heterocycles. The van der Waals surface area contributed by atoms with Gasteiger partial charge in [0.25, 0.3) is 0 Å². The first-order valence-electron chi connectivity index (χ1n) is 8.36. The lowest BCUT2D eigenvalue weighted by atomic mass is 9.91. The Morgan fingerprint density at radius 2 is 1.79 bits per heavy atom. The van der Waals surface area contributed by atoms with E-state index < -0.39 is 5.60 Å². The van der Waals surface area contributed by atoms with Gasteiger partial charge in [0.1, 0.15) is 17.2 Å². The van der Waals surface area contributed by atoms with Crippen molar-refractivity contribution in [2.24, 2.45) is 0 Å². The Hall–Kier alpha value is -1.98. The topological polar surface area (TPSA) is 59.6 Å². The summed E-state index contributed by atoms with van der Waals surface area (Å²) in [5.74, 6) is 0.187. The number of amides is 1. The van der Waals surface area contributed by atoms with Crippen LogP contribution in [0.4, 0.5) is 14.9 Å². The van der Waals surface area contributed by atoms with Crippen molar-refractivity contribution in [3.05, 3.63) is 24.0 Å². The number of carbonyl (C=O) groups is 1. The van der Waals surface area contributed by atoms with Crippen molar-refractivity contribution in [1.82, 2.24) is 5.32 Å². The highest BCUT2D eigenvalue weighted by Crippen LogP contribution is 2.29. The van der Waals surface area contributed by atoms with Gasteiger partial charge in [-0.15, -0.1) is 0 Å². The minimum absolute atomic E-state index is 0.132. The molecule has 1 fully saturated rings. The highest BCUT2D eigenvalue weighted by molar-refractivity contribution is 5.68. The van der Waals surface area contributed by atoms with E-state index in [-0.39, 0.29) is 24.0 Å². The minimum Gasteiger partial charge on any atom is -0.494 e. The molecule has 0 unspecified atom stereocenters. The fourth-order valence-corrected chi connectivity index (χ4v) is 2.86. The molecule has 0 atom stereocenters. The largest absolute Gasteiger partial charge is 0.494 e. The molecule has 6 heteroatoms. The average Bonchev–Trinajstić information content (AvgIpc) is 2.49. The maximum Gasteiger partial charge on any atom is 0.407 e. The molecule has 1 amide bonds. The third-order valence-electron chi connectivity index (χ3n) is 3.97. The molecule has 0 spiro atoms. The van der Waals surface area contributed by atoms with Gasteiger partial charge in [0, 0.05) is 18.2 Å². The highest BCUT2D eigenvalue weighted by Gasteiger charge is 2.25. The molecule has 0 saturated heterocycles. The molecule has 2 N–H and O–H groups in total. The monoisotopic (exact) mass is 338 g/mol. The summed E-state index contributed by atoms with van der Waals surface area (Å²) in [5, 5.41) is 6.33. The lowest BCUT2D eigenvalue weighted by Crippen LogP contribution is -2.42. The third kappa shape index (κ3) is 5.58. The lowest BCUT2D eigenvalue weighted by molar-refractivity contribution is 0.0492. The molecular formula is C18H27FN2O3. The molecular weight excluding hydrogens is 311 g/mol. The van der Waals surface area contributed by atoms with E-state index in [0.29, 0.717) is 5.75 Å². The van der Waals surface area contributed by atoms with Gasteiger partial charge in [-0.25, -0.2) is 9.18 Å². The number of hydrogen-bond donors (Lipinski definition) is 2. The van der Waals surface area contributed by atoms with E-state index in [1.165, 1.54) is 19.2 Å². The molecule has 0 radical (unpaired) electrons. The van der Waals surface area contributed by atoms with Crippen LogP contribution in [-0.4, -0.2) is 30.9 Å². The number of carbonyl (C=O) groups excluding carboxylic acids is 1. The van der Waals surface area contributed by atoms with Gasteiger partial charge < -0.3 is 20.1 Å². The first kappa shape index (κ1) is 18.4. The SMILES string of the molecule is COc1cc(F)ccc1N[C@H]1CC[C@H](NC(=O)OC(C)(C)C)CC1. The summed E-state index contributed by atoms with van der Waals surface area (Å²) in [4.78, 5) is 11.8. The molecule has 134 valence electrons. The van der Waals surface area contributed by atoms with Crippen LogP contribution in [0.25, 0.3) is 0 Å². The number of hydrogen-bond acceptors (Lipinski definition) is 4. The quantitative estimate of drug-likeness (QED) is 0.868. The van der Waals surface area contributed by atoms with Gasteiger partial charge in [-0.05, 0) is 58.6 Å². The molecule has 0 aromatic heterocycles. The number of alkyl carbamates (subject to hydrolysis) is 1. The van der Waals surface area contributed by atoms with Crippen molar-refractivity contribution >= 4 is 11.8 Å². The first-order valence-corrected chi connectivity index (χ1v) is 8.36. The van der Waals surface area contributed by atoms with E-state index in [0.717, 1.165) is 31.4 Å². The van der Waals surface area contributed by atoms with Crippen LogP contribution in [0.1, 0.15) is 46.5 Å². The average molecular weight is 338 g/mol. The molecule has 1 aliphatic carbocycles. The minimum atomic E-state index is -0.484. The van der Waals surface area contributed by atoms with Gasteiger partial charge in [0.2, 0.25) is 0 Å². The van der Waals surface area contributed by atoms with Crippen molar-refractivity contribution in [2.45, 2.75) is 64.1 Å². The van der Waals surface area contributed by atoms with Gasteiger partial charge in [0.05, 0.1) is 12.8 Å². The molecule has 1 aliphatic rings. The molecule has 1 aromatic carbocycles. The van der Waals surface area contributed by atoms with Crippen LogP contribution >= 0.6 is 0 Å². The number of ether oxygens (including phenoxy) is 2. The van der Waals surface area contributed by atoms with Crippen molar-refractivity contribution in [3.8, 4) is 5.75 Å². The van der Waals surface area contributed by atoms with Gasteiger partial charge in [0.15, 0.2) is 0 Å². The predicted molar refractivity (Wildman–Crippen MR) is 92.0 cm³/mol. The smallest absolute Gasteiger partial charge is 0.407 e. The van der Waals surface area contributed by atoms with E-state index in [4.69, 9.17) is 9.47 Å².